The number of hydrogen-bond donors (Lipinski definition) is 1. The summed E-state index contributed by atoms with van der Waals surface area (Å²) >= 11 is 4.78. The predicted octanol–water partition coefficient (Wildman–Crippen LogP) is 4.49. The molecule has 1 aromatic rings. The molecule has 0 bridgehead atoms. The molecule has 2 rings (SSSR count). The molecule has 1 aliphatic rings. The van der Waals surface area contributed by atoms with Crippen molar-refractivity contribution in [3.63, 3.8) is 0 Å². The van der Waals surface area contributed by atoms with Gasteiger partial charge in [-0.15, -0.1) is 12.3 Å². The highest BCUT2D eigenvalue weighted by molar-refractivity contribution is 9.10. The Kier molecular flexibility index (Phi) is 15.2. The maximum absolute atomic E-state index is 12.0. The van der Waals surface area contributed by atoms with Crippen LogP contribution in [0.3, 0.4) is 0 Å². The highest BCUT2D eigenvalue weighted by Gasteiger charge is 2.35. The van der Waals surface area contributed by atoms with Gasteiger partial charge in [0.15, 0.2) is 0 Å². The van der Waals surface area contributed by atoms with Gasteiger partial charge in [-0.2, -0.15) is 11.8 Å². The predicted molar refractivity (Wildman–Crippen MR) is 122 cm³/mol. The van der Waals surface area contributed by atoms with E-state index in [9.17, 15) is 9.59 Å². The molecule has 0 saturated carbocycles. The van der Waals surface area contributed by atoms with E-state index in [-0.39, 0.29) is 30.0 Å². The molecule has 1 aliphatic heterocycles. The lowest BCUT2D eigenvalue weighted by Gasteiger charge is -2.16. The molecular formula is C21H30BrNO5S. The quantitative estimate of drug-likeness (QED) is 0.451. The Morgan fingerprint density at radius 1 is 1.45 bits per heavy atom. The first-order valence-corrected chi connectivity index (χ1v) is 11.5. The molecular weight excluding hydrogens is 458 g/mol. The van der Waals surface area contributed by atoms with Crippen LogP contribution in [0, 0.1) is 12.3 Å². The number of amides is 1. The van der Waals surface area contributed by atoms with Gasteiger partial charge in [0, 0.05) is 23.0 Å². The number of esters is 1. The fraction of sp³-hybridized carbons (Fsp3) is 0.524. The standard InChI is InChI=1S/C15H18BrNO4S.C4H6O.C2H6/c1-3-20-14(18)13(22-2)8-12-9-17(15(19)21-12)11-6-4-10(16)5-7-11;1-2-3-4-5;1-2/h4-7,12-13H,3,8-9H2,1-2H3;1,5H,3-4H2;1-2H3. The number of aliphatic hydroxyl groups excluding tert-OH is 1. The number of thioether (sulfide) groups is 1. The van der Waals surface area contributed by atoms with Crippen molar-refractivity contribution < 1.29 is 24.2 Å². The summed E-state index contributed by atoms with van der Waals surface area (Å²) < 4.78 is 11.4. The van der Waals surface area contributed by atoms with Gasteiger partial charge in [-0.25, -0.2) is 4.79 Å². The number of carbonyl (C=O) groups is 2. The molecule has 1 amide bonds. The average Bonchev–Trinajstić information content (AvgIpc) is 3.09. The highest BCUT2D eigenvalue weighted by Crippen LogP contribution is 2.27. The fourth-order valence-corrected chi connectivity index (χ4v) is 3.24. The van der Waals surface area contributed by atoms with Gasteiger partial charge in [-0.05, 0) is 37.4 Å². The molecule has 6 nitrogen and oxygen atoms in total. The highest BCUT2D eigenvalue weighted by atomic mass is 79.9. The van der Waals surface area contributed by atoms with E-state index in [1.54, 1.807) is 11.8 Å². The number of terminal acetylenes is 1. The molecule has 1 fully saturated rings. The summed E-state index contributed by atoms with van der Waals surface area (Å²) in [6.45, 7) is 6.68. The van der Waals surface area contributed by atoms with Gasteiger partial charge in [0.05, 0.1) is 19.8 Å². The van der Waals surface area contributed by atoms with Crippen LogP contribution in [0.15, 0.2) is 28.7 Å². The largest absolute Gasteiger partial charge is 0.465 e. The molecule has 2 unspecified atom stereocenters. The molecule has 1 heterocycles. The molecule has 0 aliphatic carbocycles. The van der Waals surface area contributed by atoms with Crippen LogP contribution in [-0.4, -0.2) is 54.5 Å². The van der Waals surface area contributed by atoms with Crippen LogP contribution in [0.5, 0.6) is 0 Å². The molecule has 0 spiro atoms. The monoisotopic (exact) mass is 487 g/mol. The van der Waals surface area contributed by atoms with E-state index in [0.29, 0.717) is 26.0 Å². The molecule has 1 saturated heterocycles. The average molecular weight is 488 g/mol. The van der Waals surface area contributed by atoms with Crippen molar-refractivity contribution in [1.82, 2.24) is 0 Å². The maximum Gasteiger partial charge on any atom is 0.414 e. The van der Waals surface area contributed by atoms with Crippen LogP contribution >= 0.6 is 27.7 Å². The Labute approximate surface area is 186 Å². The summed E-state index contributed by atoms with van der Waals surface area (Å²) in [4.78, 5) is 25.4. The minimum absolute atomic E-state index is 0.108. The summed E-state index contributed by atoms with van der Waals surface area (Å²) in [7, 11) is 0. The number of halogens is 1. The van der Waals surface area contributed by atoms with E-state index >= 15 is 0 Å². The van der Waals surface area contributed by atoms with Crippen molar-refractivity contribution in [1.29, 1.82) is 0 Å². The third-order valence-corrected chi connectivity index (χ3v) is 5.06. The van der Waals surface area contributed by atoms with Gasteiger partial charge in [-0.3, -0.25) is 9.69 Å². The zero-order valence-electron chi connectivity index (χ0n) is 17.4. The number of hydrogen-bond acceptors (Lipinski definition) is 6. The first kappa shape index (κ1) is 27.3. The summed E-state index contributed by atoms with van der Waals surface area (Å²) in [5.74, 6) is 2.01. The zero-order valence-corrected chi connectivity index (χ0v) is 19.8. The Bertz CT molecular complexity index is 647. The van der Waals surface area contributed by atoms with Crippen molar-refractivity contribution in [3.8, 4) is 12.3 Å². The molecule has 162 valence electrons. The van der Waals surface area contributed by atoms with Crippen LogP contribution in [-0.2, 0) is 14.3 Å². The Morgan fingerprint density at radius 3 is 2.52 bits per heavy atom. The number of nitrogens with zero attached hydrogens (tertiary/aromatic N) is 1. The normalized spacial score (nSPS) is 15.7. The second-order valence-electron chi connectivity index (χ2n) is 5.48. The number of aliphatic hydroxyl groups is 1. The lowest BCUT2D eigenvalue weighted by Crippen LogP contribution is -2.28. The molecule has 1 aromatic carbocycles. The van der Waals surface area contributed by atoms with Crippen LogP contribution in [0.1, 0.15) is 33.6 Å². The first-order valence-electron chi connectivity index (χ1n) is 9.44. The van der Waals surface area contributed by atoms with E-state index in [2.05, 4.69) is 21.9 Å². The molecule has 8 heteroatoms. The van der Waals surface area contributed by atoms with Crippen LogP contribution < -0.4 is 4.90 Å². The van der Waals surface area contributed by atoms with Crippen molar-refractivity contribution in [2.24, 2.45) is 0 Å². The van der Waals surface area contributed by atoms with Gasteiger partial charge < -0.3 is 14.6 Å². The van der Waals surface area contributed by atoms with Crippen LogP contribution in [0.25, 0.3) is 0 Å². The zero-order chi connectivity index (χ0) is 22.2. The summed E-state index contributed by atoms with van der Waals surface area (Å²) in [5, 5.41) is 7.61. The molecule has 2 atom stereocenters. The minimum atomic E-state index is -0.379. The van der Waals surface area contributed by atoms with Crippen molar-refractivity contribution in [2.45, 2.75) is 45.0 Å². The number of benzene rings is 1. The van der Waals surface area contributed by atoms with Crippen molar-refractivity contribution >= 4 is 45.4 Å². The third kappa shape index (κ3) is 10.1. The smallest absolute Gasteiger partial charge is 0.414 e. The van der Waals surface area contributed by atoms with Crippen molar-refractivity contribution in [3.05, 3.63) is 28.7 Å². The minimum Gasteiger partial charge on any atom is -0.465 e. The van der Waals surface area contributed by atoms with Gasteiger partial charge in [-0.1, -0.05) is 29.8 Å². The van der Waals surface area contributed by atoms with E-state index < -0.39 is 0 Å². The fourth-order valence-electron chi connectivity index (χ4n) is 2.30. The van der Waals surface area contributed by atoms with E-state index in [1.165, 1.54) is 11.8 Å². The Hall–Kier alpha value is -1.69. The van der Waals surface area contributed by atoms with Gasteiger partial charge in [0.25, 0.3) is 0 Å². The van der Waals surface area contributed by atoms with E-state index in [1.807, 2.05) is 44.4 Å². The van der Waals surface area contributed by atoms with E-state index in [0.717, 1.165) is 10.2 Å². The van der Waals surface area contributed by atoms with Crippen molar-refractivity contribution in [2.75, 3.05) is 30.9 Å². The number of cyclic esters (lactones) is 1. The topological polar surface area (TPSA) is 76.1 Å². The summed E-state index contributed by atoms with van der Waals surface area (Å²) in [5.41, 5.74) is 0.785. The van der Waals surface area contributed by atoms with Crippen LogP contribution in [0.4, 0.5) is 10.5 Å². The third-order valence-electron chi connectivity index (χ3n) is 3.58. The van der Waals surface area contributed by atoms with Gasteiger partial charge in [0.1, 0.15) is 11.4 Å². The van der Waals surface area contributed by atoms with Gasteiger partial charge >= 0.3 is 12.1 Å². The molecule has 0 radical (unpaired) electrons. The second-order valence-corrected chi connectivity index (χ2v) is 7.44. The lowest BCUT2D eigenvalue weighted by atomic mass is 10.2. The number of rotatable bonds is 7. The van der Waals surface area contributed by atoms with Crippen LogP contribution in [0.2, 0.25) is 0 Å². The number of ether oxygens (including phenoxy) is 2. The maximum atomic E-state index is 12.0. The summed E-state index contributed by atoms with van der Waals surface area (Å²) in [6.07, 6.45) is 6.82. The lowest BCUT2D eigenvalue weighted by molar-refractivity contribution is -0.142. The molecule has 1 N–H and O–H groups in total. The number of carbonyl (C=O) groups excluding carboxylic acids is 2. The molecule has 0 aromatic heterocycles. The van der Waals surface area contributed by atoms with E-state index in [4.69, 9.17) is 21.0 Å². The first-order chi connectivity index (χ1) is 14.0. The second kappa shape index (κ2) is 16.1. The van der Waals surface area contributed by atoms with Gasteiger partial charge in [0.2, 0.25) is 0 Å². The molecule has 29 heavy (non-hydrogen) atoms. The SMILES string of the molecule is C#CCCO.CC.CCOC(=O)C(CC1CN(c2ccc(Br)cc2)C(=O)O1)SC. The Morgan fingerprint density at radius 2 is 2.07 bits per heavy atom. The Balaban J connectivity index is 0.000000977. The summed E-state index contributed by atoms with van der Waals surface area (Å²) in [6, 6.07) is 7.45. The number of anilines is 1.